The van der Waals surface area contributed by atoms with Crippen LogP contribution in [0.3, 0.4) is 0 Å². The number of hydrogen-bond acceptors (Lipinski definition) is 3. The zero-order valence-electron chi connectivity index (χ0n) is 9.55. The average Bonchev–Trinajstić information content (AvgIpc) is 2.82. The van der Waals surface area contributed by atoms with Crippen molar-refractivity contribution < 1.29 is 0 Å². The molecule has 0 aliphatic rings. The third-order valence-electron chi connectivity index (χ3n) is 2.81. The minimum atomic E-state index is 0.461. The van der Waals surface area contributed by atoms with Crippen molar-refractivity contribution in [1.82, 2.24) is 14.5 Å². The van der Waals surface area contributed by atoms with E-state index in [2.05, 4.69) is 9.97 Å². The highest BCUT2D eigenvalue weighted by molar-refractivity contribution is 6.29. The van der Waals surface area contributed by atoms with E-state index in [1.165, 1.54) is 0 Å². The van der Waals surface area contributed by atoms with Gasteiger partial charge in [0, 0.05) is 12.2 Å². The van der Waals surface area contributed by atoms with Crippen LogP contribution in [0, 0.1) is 0 Å². The van der Waals surface area contributed by atoms with E-state index in [0.29, 0.717) is 11.7 Å². The van der Waals surface area contributed by atoms with Crippen LogP contribution in [-0.4, -0.2) is 14.5 Å². The predicted octanol–water partition coefficient (Wildman–Crippen LogP) is 2.53. The fourth-order valence-electron chi connectivity index (χ4n) is 1.85. The van der Waals surface area contributed by atoms with Gasteiger partial charge in [-0.05, 0) is 29.8 Å². The number of fused-ring (bicyclic) bond motifs is 1. The van der Waals surface area contributed by atoms with Gasteiger partial charge in [0.2, 0.25) is 0 Å². The molecule has 0 unspecified atom stereocenters. The molecule has 5 heteroatoms. The summed E-state index contributed by atoms with van der Waals surface area (Å²) in [5.41, 5.74) is 9.24. The lowest BCUT2D eigenvalue weighted by Crippen LogP contribution is -1.98. The lowest BCUT2D eigenvalue weighted by molar-refractivity contribution is 1.04. The van der Waals surface area contributed by atoms with Crippen molar-refractivity contribution in [1.29, 1.82) is 0 Å². The van der Waals surface area contributed by atoms with Crippen LogP contribution in [-0.2, 0) is 6.54 Å². The Bertz CT molecular complexity index is 688. The second-order valence-corrected chi connectivity index (χ2v) is 4.35. The van der Waals surface area contributed by atoms with E-state index in [1.807, 2.05) is 34.9 Å². The molecule has 4 nitrogen and oxygen atoms in total. The molecule has 90 valence electrons. The summed E-state index contributed by atoms with van der Waals surface area (Å²) in [4.78, 5) is 8.59. The molecular formula is C13H11ClN4. The second kappa shape index (κ2) is 4.40. The van der Waals surface area contributed by atoms with Crippen molar-refractivity contribution in [2.24, 2.45) is 5.73 Å². The molecule has 3 aromatic rings. The van der Waals surface area contributed by atoms with Crippen LogP contribution in [0.25, 0.3) is 16.9 Å². The first-order chi connectivity index (χ1) is 8.78. The Balaban J connectivity index is 2.15. The van der Waals surface area contributed by atoms with Crippen molar-refractivity contribution in [3.05, 3.63) is 53.4 Å². The molecule has 2 N–H and O–H groups in total. The Kier molecular flexibility index (Phi) is 2.74. The van der Waals surface area contributed by atoms with Crippen LogP contribution in [0.15, 0.2) is 42.7 Å². The van der Waals surface area contributed by atoms with Gasteiger partial charge in [0.25, 0.3) is 0 Å². The van der Waals surface area contributed by atoms with E-state index in [9.17, 15) is 0 Å². The third kappa shape index (κ3) is 1.85. The SMILES string of the molecule is NCc1ccc(-n2cnc3ccc(Cl)nc32)cc1. The Hall–Kier alpha value is -1.91. The van der Waals surface area contributed by atoms with Gasteiger partial charge in [0.1, 0.15) is 17.0 Å². The van der Waals surface area contributed by atoms with Crippen LogP contribution in [0.4, 0.5) is 0 Å². The third-order valence-corrected chi connectivity index (χ3v) is 3.02. The molecule has 0 aliphatic carbocycles. The molecule has 18 heavy (non-hydrogen) atoms. The molecule has 3 rings (SSSR count). The van der Waals surface area contributed by atoms with Crippen molar-refractivity contribution in [2.75, 3.05) is 0 Å². The summed E-state index contributed by atoms with van der Waals surface area (Å²) in [6.45, 7) is 0.537. The topological polar surface area (TPSA) is 56.7 Å². The average molecular weight is 259 g/mol. The summed E-state index contributed by atoms with van der Waals surface area (Å²) >= 11 is 5.91. The number of hydrogen-bond donors (Lipinski definition) is 1. The molecule has 0 saturated heterocycles. The fourth-order valence-corrected chi connectivity index (χ4v) is 2.00. The van der Waals surface area contributed by atoms with Crippen molar-refractivity contribution in [2.45, 2.75) is 6.54 Å². The lowest BCUT2D eigenvalue weighted by atomic mass is 10.2. The summed E-state index contributed by atoms with van der Waals surface area (Å²) in [6, 6.07) is 11.6. The van der Waals surface area contributed by atoms with Crippen LogP contribution in [0.5, 0.6) is 0 Å². The maximum atomic E-state index is 5.91. The van der Waals surface area contributed by atoms with Crippen LogP contribution < -0.4 is 5.73 Å². The molecule has 0 atom stereocenters. The number of aromatic nitrogens is 3. The Labute approximate surface area is 109 Å². The maximum Gasteiger partial charge on any atom is 0.166 e. The van der Waals surface area contributed by atoms with Gasteiger partial charge < -0.3 is 5.73 Å². The number of benzene rings is 1. The van der Waals surface area contributed by atoms with Crippen molar-refractivity contribution >= 4 is 22.8 Å². The van der Waals surface area contributed by atoms with E-state index in [-0.39, 0.29) is 0 Å². The molecule has 2 aromatic heterocycles. The minimum Gasteiger partial charge on any atom is -0.326 e. The number of imidazole rings is 1. The van der Waals surface area contributed by atoms with Gasteiger partial charge in [0.15, 0.2) is 5.65 Å². The monoisotopic (exact) mass is 258 g/mol. The van der Waals surface area contributed by atoms with E-state index in [1.54, 1.807) is 12.4 Å². The zero-order valence-corrected chi connectivity index (χ0v) is 10.3. The van der Waals surface area contributed by atoms with Gasteiger partial charge in [-0.25, -0.2) is 9.97 Å². The number of rotatable bonds is 2. The smallest absolute Gasteiger partial charge is 0.166 e. The van der Waals surface area contributed by atoms with Gasteiger partial charge in [-0.1, -0.05) is 23.7 Å². The number of nitrogens with zero attached hydrogens (tertiary/aromatic N) is 3. The molecule has 1 aromatic carbocycles. The molecule has 0 spiro atoms. The Morgan fingerprint density at radius 1 is 1.11 bits per heavy atom. The molecule has 2 heterocycles. The van der Waals surface area contributed by atoms with E-state index >= 15 is 0 Å². The van der Waals surface area contributed by atoms with Crippen LogP contribution >= 0.6 is 11.6 Å². The molecule has 0 aliphatic heterocycles. The lowest BCUT2D eigenvalue weighted by Gasteiger charge is -2.04. The minimum absolute atomic E-state index is 0.461. The first-order valence-electron chi connectivity index (χ1n) is 5.57. The van der Waals surface area contributed by atoms with E-state index in [4.69, 9.17) is 17.3 Å². The maximum absolute atomic E-state index is 5.91. The van der Waals surface area contributed by atoms with Crippen molar-refractivity contribution in [3.8, 4) is 5.69 Å². The standard InChI is InChI=1S/C13H11ClN4/c14-12-6-5-11-13(17-12)18(8-16-11)10-3-1-9(7-15)2-4-10/h1-6,8H,7,15H2. The molecular weight excluding hydrogens is 248 g/mol. The van der Waals surface area contributed by atoms with Crippen molar-refractivity contribution in [3.63, 3.8) is 0 Å². The summed E-state index contributed by atoms with van der Waals surface area (Å²) in [7, 11) is 0. The highest BCUT2D eigenvalue weighted by atomic mass is 35.5. The van der Waals surface area contributed by atoms with Crippen LogP contribution in [0.2, 0.25) is 5.15 Å². The molecule has 0 fully saturated rings. The van der Waals surface area contributed by atoms with Gasteiger partial charge >= 0.3 is 0 Å². The first-order valence-corrected chi connectivity index (χ1v) is 5.95. The highest BCUT2D eigenvalue weighted by Gasteiger charge is 2.06. The number of halogens is 1. The fraction of sp³-hybridized carbons (Fsp3) is 0.0769. The zero-order chi connectivity index (χ0) is 12.5. The van der Waals surface area contributed by atoms with E-state index < -0.39 is 0 Å². The quantitative estimate of drug-likeness (QED) is 0.719. The van der Waals surface area contributed by atoms with Gasteiger partial charge in [-0.15, -0.1) is 0 Å². The van der Waals surface area contributed by atoms with Gasteiger partial charge in [0.05, 0.1) is 0 Å². The molecule has 0 saturated carbocycles. The summed E-state index contributed by atoms with van der Waals surface area (Å²) in [5.74, 6) is 0. The molecule has 0 bridgehead atoms. The summed E-state index contributed by atoms with van der Waals surface area (Å²) < 4.78 is 1.90. The molecule has 0 radical (unpaired) electrons. The largest absolute Gasteiger partial charge is 0.326 e. The second-order valence-electron chi connectivity index (χ2n) is 3.96. The van der Waals surface area contributed by atoms with Gasteiger partial charge in [-0.2, -0.15) is 0 Å². The summed E-state index contributed by atoms with van der Waals surface area (Å²) in [6.07, 6.45) is 1.74. The molecule has 0 amide bonds. The Morgan fingerprint density at radius 3 is 2.61 bits per heavy atom. The number of pyridine rings is 1. The highest BCUT2D eigenvalue weighted by Crippen LogP contribution is 2.18. The Morgan fingerprint density at radius 2 is 1.89 bits per heavy atom. The van der Waals surface area contributed by atoms with Crippen LogP contribution in [0.1, 0.15) is 5.56 Å². The van der Waals surface area contributed by atoms with Gasteiger partial charge in [-0.3, -0.25) is 4.57 Å². The number of nitrogens with two attached hydrogens (primary N) is 1. The summed E-state index contributed by atoms with van der Waals surface area (Å²) in [5, 5.41) is 0.461. The predicted molar refractivity (Wildman–Crippen MR) is 71.8 cm³/mol. The first kappa shape index (κ1) is 11.2. The normalized spacial score (nSPS) is 11.0. The van der Waals surface area contributed by atoms with E-state index in [0.717, 1.165) is 22.4 Å².